The van der Waals surface area contributed by atoms with Gasteiger partial charge in [0.1, 0.15) is 5.75 Å². The van der Waals surface area contributed by atoms with Crippen molar-refractivity contribution in [2.24, 2.45) is 11.8 Å². The Morgan fingerprint density at radius 3 is 2.42 bits per heavy atom. The van der Waals surface area contributed by atoms with Crippen molar-refractivity contribution in [1.29, 1.82) is 0 Å². The lowest BCUT2D eigenvalue weighted by atomic mass is 10.0. The number of ether oxygens (including phenoxy) is 1. The summed E-state index contributed by atoms with van der Waals surface area (Å²) in [6, 6.07) is 9.19. The molecule has 1 N–H and O–H groups in total. The molecule has 1 aromatic carbocycles. The van der Waals surface area contributed by atoms with E-state index in [0.29, 0.717) is 6.04 Å². The third kappa shape index (κ3) is 3.97. The number of hydrogen-bond donors (Lipinski definition) is 1. The Morgan fingerprint density at radius 1 is 1.21 bits per heavy atom. The SMILES string of the molecule is CCCNC(c1ccc(OCCC)cc1)C1CC1C. The van der Waals surface area contributed by atoms with Crippen LogP contribution in [0.2, 0.25) is 0 Å². The molecule has 106 valence electrons. The molecule has 1 fully saturated rings. The molecule has 3 atom stereocenters. The normalized spacial score (nSPS) is 23.1. The molecular weight excluding hydrogens is 234 g/mol. The number of rotatable bonds is 8. The number of benzene rings is 1. The van der Waals surface area contributed by atoms with Gasteiger partial charge in [-0.1, -0.05) is 32.9 Å². The molecule has 3 unspecified atom stereocenters. The summed E-state index contributed by atoms with van der Waals surface area (Å²) in [6.07, 6.45) is 3.60. The van der Waals surface area contributed by atoms with Gasteiger partial charge in [0.2, 0.25) is 0 Å². The van der Waals surface area contributed by atoms with Crippen LogP contribution in [0.15, 0.2) is 24.3 Å². The van der Waals surface area contributed by atoms with Gasteiger partial charge in [-0.05, 0) is 55.3 Å². The molecule has 2 rings (SSSR count). The highest BCUT2D eigenvalue weighted by Crippen LogP contribution is 2.47. The van der Waals surface area contributed by atoms with E-state index < -0.39 is 0 Å². The minimum atomic E-state index is 0.523. The maximum absolute atomic E-state index is 5.65. The third-order valence-corrected chi connectivity index (χ3v) is 3.93. The van der Waals surface area contributed by atoms with Crippen LogP contribution in [-0.4, -0.2) is 13.2 Å². The van der Waals surface area contributed by atoms with Gasteiger partial charge in [-0.25, -0.2) is 0 Å². The predicted octanol–water partition coefficient (Wildman–Crippen LogP) is 4.17. The predicted molar refractivity (Wildman–Crippen MR) is 80.5 cm³/mol. The van der Waals surface area contributed by atoms with E-state index in [2.05, 4.69) is 50.4 Å². The van der Waals surface area contributed by atoms with E-state index in [4.69, 9.17) is 4.74 Å². The Balaban J connectivity index is 2.00. The minimum absolute atomic E-state index is 0.523. The average molecular weight is 261 g/mol. The van der Waals surface area contributed by atoms with Gasteiger partial charge in [0.25, 0.3) is 0 Å². The number of hydrogen-bond acceptors (Lipinski definition) is 2. The molecule has 0 aromatic heterocycles. The first-order chi connectivity index (χ1) is 9.26. The standard InChI is InChI=1S/C17H27NO/c1-4-10-18-17(16-12-13(16)3)14-6-8-15(9-7-14)19-11-5-2/h6-9,13,16-18H,4-5,10-12H2,1-3H3. The zero-order valence-corrected chi connectivity index (χ0v) is 12.5. The third-order valence-electron chi connectivity index (χ3n) is 3.93. The van der Waals surface area contributed by atoms with Crippen molar-refractivity contribution >= 4 is 0 Å². The Kier molecular flexibility index (Phi) is 5.26. The zero-order chi connectivity index (χ0) is 13.7. The lowest BCUT2D eigenvalue weighted by Crippen LogP contribution is -2.24. The highest BCUT2D eigenvalue weighted by molar-refractivity contribution is 5.30. The number of nitrogens with one attached hydrogen (secondary N) is 1. The first kappa shape index (κ1) is 14.4. The molecule has 0 saturated heterocycles. The van der Waals surface area contributed by atoms with Gasteiger partial charge in [0.15, 0.2) is 0 Å². The average Bonchev–Trinajstić information content (AvgIpc) is 3.15. The van der Waals surface area contributed by atoms with Crippen LogP contribution in [0.1, 0.15) is 51.6 Å². The molecule has 0 spiro atoms. The van der Waals surface area contributed by atoms with E-state index in [1.165, 1.54) is 18.4 Å². The van der Waals surface area contributed by atoms with Crippen LogP contribution in [0.3, 0.4) is 0 Å². The largest absolute Gasteiger partial charge is 0.494 e. The van der Waals surface area contributed by atoms with Crippen molar-refractivity contribution in [3.05, 3.63) is 29.8 Å². The van der Waals surface area contributed by atoms with Gasteiger partial charge in [0, 0.05) is 6.04 Å². The second kappa shape index (κ2) is 6.95. The summed E-state index contributed by atoms with van der Waals surface area (Å²) in [5.74, 6) is 2.67. The molecule has 0 heterocycles. The van der Waals surface area contributed by atoms with Crippen LogP contribution in [0.4, 0.5) is 0 Å². The Labute approximate surface area is 117 Å². The van der Waals surface area contributed by atoms with Crippen LogP contribution in [-0.2, 0) is 0 Å². The molecule has 0 aliphatic heterocycles. The molecule has 1 saturated carbocycles. The maximum atomic E-state index is 5.65. The molecule has 19 heavy (non-hydrogen) atoms. The van der Waals surface area contributed by atoms with E-state index in [0.717, 1.165) is 37.2 Å². The quantitative estimate of drug-likeness (QED) is 0.758. The lowest BCUT2D eigenvalue weighted by Gasteiger charge is -2.19. The molecule has 1 aliphatic carbocycles. The topological polar surface area (TPSA) is 21.3 Å². The molecule has 1 aliphatic rings. The second-order valence-electron chi connectivity index (χ2n) is 5.73. The van der Waals surface area contributed by atoms with Crippen molar-refractivity contribution in [2.75, 3.05) is 13.2 Å². The fourth-order valence-corrected chi connectivity index (χ4v) is 2.62. The lowest BCUT2D eigenvalue weighted by molar-refractivity contribution is 0.317. The monoisotopic (exact) mass is 261 g/mol. The van der Waals surface area contributed by atoms with Crippen LogP contribution < -0.4 is 10.1 Å². The summed E-state index contributed by atoms with van der Waals surface area (Å²) in [5.41, 5.74) is 1.41. The fraction of sp³-hybridized carbons (Fsp3) is 0.647. The van der Waals surface area contributed by atoms with E-state index in [1.54, 1.807) is 0 Å². The summed E-state index contributed by atoms with van der Waals surface area (Å²) >= 11 is 0. The van der Waals surface area contributed by atoms with E-state index in [9.17, 15) is 0 Å². The second-order valence-corrected chi connectivity index (χ2v) is 5.73. The minimum Gasteiger partial charge on any atom is -0.494 e. The van der Waals surface area contributed by atoms with E-state index in [1.807, 2.05) is 0 Å². The van der Waals surface area contributed by atoms with Crippen molar-refractivity contribution in [2.45, 2.75) is 46.1 Å². The van der Waals surface area contributed by atoms with Crippen molar-refractivity contribution in [1.82, 2.24) is 5.32 Å². The Hall–Kier alpha value is -1.02. The van der Waals surface area contributed by atoms with Crippen LogP contribution in [0.25, 0.3) is 0 Å². The summed E-state index contributed by atoms with van der Waals surface area (Å²) in [6.45, 7) is 8.61. The smallest absolute Gasteiger partial charge is 0.119 e. The van der Waals surface area contributed by atoms with Gasteiger partial charge < -0.3 is 10.1 Å². The summed E-state index contributed by atoms with van der Waals surface area (Å²) in [7, 11) is 0. The van der Waals surface area contributed by atoms with Crippen molar-refractivity contribution < 1.29 is 4.74 Å². The molecular formula is C17H27NO. The Bertz CT molecular complexity index is 373. The molecule has 1 aromatic rings. The van der Waals surface area contributed by atoms with Crippen LogP contribution in [0.5, 0.6) is 5.75 Å². The summed E-state index contributed by atoms with van der Waals surface area (Å²) < 4.78 is 5.65. The maximum Gasteiger partial charge on any atom is 0.119 e. The highest BCUT2D eigenvalue weighted by Gasteiger charge is 2.39. The van der Waals surface area contributed by atoms with Crippen molar-refractivity contribution in [3.63, 3.8) is 0 Å². The molecule has 2 heteroatoms. The first-order valence-electron chi connectivity index (χ1n) is 7.72. The highest BCUT2D eigenvalue weighted by atomic mass is 16.5. The van der Waals surface area contributed by atoms with Crippen molar-refractivity contribution in [3.8, 4) is 5.75 Å². The van der Waals surface area contributed by atoms with Crippen LogP contribution >= 0.6 is 0 Å². The summed E-state index contributed by atoms with van der Waals surface area (Å²) in [4.78, 5) is 0. The van der Waals surface area contributed by atoms with Gasteiger partial charge in [-0.15, -0.1) is 0 Å². The fourth-order valence-electron chi connectivity index (χ4n) is 2.62. The molecule has 0 amide bonds. The first-order valence-corrected chi connectivity index (χ1v) is 7.72. The molecule has 2 nitrogen and oxygen atoms in total. The van der Waals surface area contributed by atoms with Gasteiger partial charge in [-0.2, -0.15) is 0 Å². The van der Waals surface area contributed by atoms with Gasteiger partial charge >= 0.3 is 0 Å². The van der Waals surface area contributed by atoms with E-state index in [-0.39, 0.29) is 0 Å². The van der Waals surface area contributed by atoms with Gasteiger partial charge in [-0.3, -0.25) is 0 Å². The van der Waals surface area contributed by atoms with E-state index >= 15 is 0 Å². The van der Waals surface area contributed by atoms with Gasteiger partial charge in [0.05, 0.1) is 6.61 Å². The van der Waals surface area contributed by atoms with Crippen LogP contribution in [0, 0.1) is 11.8 Å². The summed E-state index contributed by atoms with van der Waals surface area (Å²) in [5, 5.41) is 3.70. The Morgan fingerprint density at radius 2 is 1.89 bits per heavy atom. The zero-order valence-electron chi connectivity index (χ0n) is 12.5. The molecule has 0 bridgehead atoms. The molecule has 0 radical (unpaired) electrons.